The Kier molecular flexibility index (Phi) is 5.14. The summed E-state index contributed by atoms with van der Waals surface area (Å²) in [5, 5.41) is 17.7. The largest absolute Gasteiger partial charge is 0.340 e. The second-order valence-electron chi connectivity index (χ2n) is 10.3. The number of nitrogens with one attached hydrogen (secondary N) is 1. The van der Waals surface area contributed by atoms with E-state index in [1.54, 1.807) is 6.07 Å². The summed E-state index contributed by atoms with van der Waals surface area (Å²) in [6.45, 7) is 9.25. The van der Waals surface area contributed by atoms with E-state index in [-0.39, 0.29) is 11.0 Å². The van der Waals surface area contributed by atoms with Gasteiger partial charge in [-0.2, -0.15) is 13.8 Å². The molecule has 1 atom stereocenters. The average molecular weight is 487 g/mol. The topological polar surface area (TPSA) is 105 Å². The molecule has 1 aliphatic rings. The van der Waals surface area contributed by atoms with Gasteiger partial charge < -0.3 is 4.90 Å². The van der Waals surface area contributed by atoms with E-state index in [1.165, 1.54) is 18.1 Å². The third kappa shape index (κ3) is 3.97. The number of aromatic nitrogens is 7. The fraction of sp³-hybridized carbons (Fsp3) is 0.360. The van der Waals surface area contributed by atoms with Crippen LogP contribution in [0.4, 0.5) is 5.95 Å². The van der Waals surface area contributed by atoms with Crippen LogP contribution in [0.5, 0.6) is 0 Å². The summed E-state index contributed by atoms with van der Waals surface area (Å²) in [7, 11) is 0. The molecule has 1 unspecified atom stereocenters. The van der Waals surface area contributed by atoms with Crippen LogP contribution in [0.25, 0.3) is 33.3 Å². The average Bonchev–Trinajstić information content (AvgIpc) is 3.45. The van der Waals surface area contributed by atoms with Crippen molar-refractivity contribution in [1.82, 2.24) is 33.7 Å². The van der Waals surface area contributed by atoms with Gasteiger partial charge in [-0.1, -0.05) is 45.0 Å². The smallest absolute Gasteiger partial charge is 0.272 e. The maximum atomic E-state index is 12.4. The van der Waals surface area contributed by atoms with Gasteiger partial charge in [-0.05, 0) is 41.5 Å². The molecule has 2 aromatic carbocycles. The first kappa shape index (κ1) is 21.8. The molecule has 1 N–H and O–H groups in total. The number of benzene rings is 2. The minimum Gasteiger partial charge on any atom is -0.340 e. The van der Waals surface area contributed by atoms with Crippen LogP contribution in [-0.2, 0) is 6.54 Å². The molecule has 0 radical (unpaired) electrons. The predicted octanol–water partition coefficient (Wildman–Crippen LogP) is 4.11. The number of anilines is 1. The van der Waals surface area contributed by atoms with Crippen LogP contribution in [0.1, 0.15) is 32.8 Å². The van der Waals surface area contributed by atoms with Crippen molar-refractivity contribution in [3.05, 3.63) is 58.4 Å². The van der Waals surface area contributed by atoms with Gasteiger partial charge in [0.25, 0.3) is 5.56 Å². The molecule has 1 fully saturated rings. The highest BCUT2D eigenvalue weighted by Gasteiger charge is 2.33. The lowest BCUT2D eigenvalue weighted by atomic mass is 9.79. The normalized spacial score (nSPS) is 17.9. The molecule has 0 amide bonds. The van der Waals surface area contributed by atoms with E-state index < -0.39 is 0 Å². The molecule has 4 heterocycles. The minimum atomic E-state index is -0.219. The fourth-order valence-corrected chi connectivity index (χ4v) is 5.94. The summed E-state index contributed by atoms with van der Waals surface area (Å²) in [5.74, 6) is 1.98. The van der Waals surface area contributed by atoms with E-state index in [0.29, 0.717) is 29.4 Å². The van der Waals surface area contributed by atoms with Crippen LogP contribution in [-0.4, -0.2) is 46.8 Å². The number of piperidine rings is 1. The van der Waals surface area contributed by atoms with Gasteiger partial charge in [0.15, 0.2) is 5.82 Å². The lowest BCUT2D eigenvalue weighted by molar-refractivity contribution is 0.235. The number of aromatic amines is 1. The zero-order valence-corrected chi connectivity index (χ0v) is 20.7. The number of rotatable bonds is 4. The van der Waals surface area contributed by atoms with Gasteiger partial charge in [0.1, 0.15) is 16.7 Å². The Labute approximate surface area is 206 Å². The molecule has 0 bridgehead atoms. The fourth-order valence-electron chi connectivity index (χ4n) is 5.43. The van der Waals surface area contributed by atoms with Crippen molar-refractivity contribution in [2.24, 2.45) is 11.3 Å². The van der Waals surface area contributed by atoms with Gasteiger partial charge in [-0.15, -0.1) is 10.2 Å². The highest BCUT2D eigenvalue weighted by Crippen LogP contribution is 2.35. The molecule has 0 spiro atoms. The van der Waals surface area contributed by atoms with Crippen LogP contribution >= 0.6 is 11.7 Å². The van der Waals surface area contributed by atoms with Gasteiger partial charge in [0.05, 0.1) is 23.7 Å². The Balaban J connectivity index is 1.52. The van der Waals surface area contributed by atoms with Crippen molar-refractivity contribution in [2.75, 3.05) is 18.0 Å². The molecular weight excluding hydrogens is 460 g/mol. The lowest BCUT2D eigenvalue weighted by Gasteiger charge is -2.41. The van der Waals surface area contributed by atoms with Crippen molar-refractivity contribution in [2.45, 2.75) is 33.7 Å². The molecule has 35 heavy (non-hydrogen) atoms. The van der Waals surface area contributed by atoms with E-state index >= 15 is 0 Å². The highest BCUT2D eigenvalue weighted by atomic mass is 32.1. The molecule has 5 aromatic rings. The van der Waals surface area contributed by atoms with Crippen LogP contribution in [0.3, 0.4) is 0 Å². The molecule has 1 saturated heterocycles. The summed E-state index contributed by atoms with van der Waals surface area (Å²) in [5.41, 5.74) is 3.41. The zero-order chi connectivity index (χ0) is 24.2. The molecule has 1 aliphatic heterocycles. The molecule has 6 rings (SSSR count). The Bertz CT molecular complexity index is 1600. The second-order valence-corrected chi connectivity index (χ2v) is 10.8. The van der Waals surface area contributed by atoms with Crippen LogP contribution in [0.2, 0.25) is 0 Å². The second kappa shape index (κ2) is 8.23. The Morgan fingerprint density at radius 1 is 1.09 bits per heavy atom. The molecule has 0 saturated carbocycles. The standard InChI is InChI=1S/C25H26N8OS/c1-15-11-25(2,3)14-32(12-15)24-29-27-22(21-17-6-4-5-7-18(17)23(34)28-26-21)33(24)13-16-8-9-19-20(10-16)31-35-30-19/h4-10,15H,11-14H2,1-3H3,(H,28,34). The van der Waals surface area contributed by atoms with E-state index in [9.17, 15) is 4.79 Å². The number of hydrogen-bond acceptors (Lipinski definition) is 8. The Morgan fingerprint density at radius 3 is 2.71 bits per heavy atom. The predicted molar refractivity (Wildman–Crippen MR) is 138 cm³/mol. The van der Waals surface area contributed by atoms with Crippen molar-refractivity contribution in [3.63, 3.8) is 0 Å². The van der Waals surface area contributed by atoms with E-state index in [4.69, 9.17) is 0 Å². The van der Waals surface area contributed by atoms with Gasteiger partial charge >= 0.3 is 0 Å². The zero-order valence-electron chi connectivity index (χ0n) is 19.9. The van der Waals surface area contributed by atoms with Crippen molar-refractivity contribution in [3.8, 4) is 11.5 Å². The summed E-state index contributed by atoms with van der Waals surface area (Å²) in [6.07, 6.45) is 1.17. The molecule has 3 aromatic heterocycles. The first-order valence-corrected chi connectivity index (χ1v) is 12.5. The van der Waals surface area contributed by atoms with E-state index in [0.717, 1.165) is 41.0 Å². The number of hydrogen-bond donors (Lipinski definition) is 1. The van der Waals surface area contributed by atoms with Crippen molar-refractivity contribution >= 4 is 39.5 Å². The van der Waals surface area contributed by atoms with Crippen LogP contribution in [0, 0.1) is 11.3 Å². The SMILES string of the molecule is CC1CN(c2nnc(-c3n[nH]c(=O)c4ccccc34)n2Cc2ccc3nsnc3c2)CC(C)(C)C1. The lowest BCUT2D eigenvalue weighted by Crippen LogP contribution is -2.45. The minimum absolute atomic E-state index is 0.169. The first-order chi connectivity index (χ1) is 16.9. The third-order valence-electron chi connectivity index (χ3n) is 6.63. The molecule has 0 aliphatic carbocycles. The monoisotopic (exact) mass is 486 g/mol. The maximum absolute atomic E-state index is 12.4. The van der Waals surface area contributed by atoms with E-state index in [2.05, 4.69) is 71.5 Å². The number of nitrogens with zero attached hydrogens (tertiary/aromatic N) is 7. The summed E-state index contributed by atoms with van der Waals surface area (Å²) >= 11 is 1.21. The highest BCUT2D eigenvalue weighted by molar-refractivity contribution is 7.00. The van der Waals surface area contributed by atoms with Gasteiger partial charge in [-0.3, -0.25) is 9.36 Å². The van der Waals surface area contributed by atoms with Gasteiger partial charge in [0, 0.05) is 18.5 Å². The van der Waals surface area contributed by atoms with Gasteiger partial charge in [0.2, 0.25) is 5.95 Å². The van der Waals surface area contributed by atoms with Crippen LogP contribution in [0.15, 0.2) is 47.3 Å². The third-order valence-corrected chi connectivity index (χ3v) is 7.19. The van der Waals surface area contributed by atoms with E-state index in [1.807, 2.05) is 24.3 Å². The summed E-state index contributed by atoms with van der Waals surface area (Å²) in [6, 6.07) is 13.6. The van der Waals surface area contributed by atoms with Gasteiger partial charge in [-0.25, -0.2) is 5.10 Å². The molecule has 10 heteroatoms. The number of fused-ring (bicyclic) bond motifs is 2. The Morgan fingerprint density at radius 2 is 1.89 bits per heavy atom. The van der Waals surface area contributed by atoms with Crippen molar-refractivity contribution < 1.29 is 0 Å². The molecular formula is C25H26N8OS. The molecule has 178 valence electrons. The van der Waals surface area contributed by atoms with Crippen molar-refractivity contribution in [1.29, 1.82) is 0 Å². The summed E-state index contributed by atoms with van der Waals surface area (Å²) in [4.78, 5) is 14.8. The summed E-state index contributed by atoms with van der Waals surface area (Å²) < 4.78 is 10.8. The Hall–Kier alpha value is -3.66. The quantitative estimate of drug-likeness (QED) is 0.408. The number of H-pyrrole nitrogens is 1. The first-order valence-electron chi connectivity index (χ1n) is 11.8. The molecule has 9 nitrogen and oxygen atoms in total. The maximum Gasteiger partial charge on any atom is 0.272 e. The van der Waals surface area contributed by atoms with Crippen LogP contribution < -0.4 is 10.5 Å².